The summed E-state index contributed by atoms with van der Waals surface area (Å²) in [6, 6.07) is 7.74. The molecule has 4 heteroatoms. The SMILES string of the molecule is C[Si](C)(C)C#Cc1c(C=O)c(Br)nc2ccccc12. The van der Waals surface area contributed by atoms with Crippen molar-refractivity contribution in [2.24, 2.45) is 0 Å². The first-order valence-corrected chi connectivity index (χ1v) is 10.3. The maximum absolute atomic E-state index is 11.3. The Bertz CT molecular complexity index is 708. The second kappa shape index (κ2) is 5.28. The summed E-state index contributed by atoms with van der Waals surface area (Å²) in [4.78, 5) is 15.7. The Morgan fingerprint density at radius 2 is 1.95 bits per heavy atom. The van der Waals surface area contributed by atoms with Gasteiger partial charge in [0, 0.05) is 10.9 Å². The fraction of sp³-hybridized carbons (Fsp3) is 0.200. The van der Waals surface area contributed by atoms with Crippen molar-refractivity contribution < 1.29 is 4.79 Å². The molecule has 0 amide bonds. The quantitative estimate of drug-likeness (QED) is 0.341. The summed E-state index contributed by atoms with van der Waals surface area (Å²) in [5.41, 5.74) is 5.47. The molecule has 19 heavy (non-hydrogen) atoms. The van der Waals surface area contributed by atoms with Crippen LogP contribution in [0.3, 0.4) is 0 Å². The number of pyridine rings is 1. The van der Waals surface area contributed by atoms with Crippen molar-refractivity contribution in [3.63, 3.8) is 0 Å². The van der Waals surface area contributed by atoms with Crippen LogP contribution in [0.15, 0.2) is 28.9 Å². The van der Waals surface area contributed by atoms with Crippen molar-refractivity contribution in [2.75, 3.05) is 0 Å². The van der Waals surface area contributed by atoms with Crippen LogP contribution in [0.5, 0.6) is 0 Å². The van der Waals surface area contributed by atoms with Gasteiger partial charge < -0.3 is 0 Å². The number of carbonyl (C=O) groups is 1. The van der Waals surface area contributed by atoms with Gasteiger partial charge in [0.15, 0.2) is 6.29 Å². The van der Waals surface area contributed by atoms with Crippen molar-refractivity contribution in [2.45, 2.75) is 19.6 Å². The number of rotatable bonds is 1. The molecular weight excluding hydrogens is 318 g/mol. The van der Waals surface area contributed by atoms with Crippen LogP contribution in [0.4, 0.5) is 0 Å². The minimum absolute atomic E-state index is 0.532. The smallest absolute Gasteiger partial charge is 0.154 e. The van der Waals surface area contributed by atoms with Crippen molar-refractivity contribution in [1.29, 1.82) is 0 Å². The monoisotopic (exact) mass is 331 g/mol. The van der Waals surface area contributed by atoms with Gasteiger partial charge in [0.05, 0.1) is 11.1 Å². The number of halogens is 1. The molecule has 0 bridgehead atoms. The lowest BCUT2D eigenvalue weighted by Gasteiger charge is -2.07. The summed E-state index contributed by atoms with van der Waals surface area (Å²) in [5, 5.41) is 0.929. The summed E-state index contributed by atoms with van der Waals surface area (Å²) in [5.74, 6) is 3.20. The molecule has 0 aliphatic carbocycles. The summed E-state index contributed by atoms with van der Waals surface area (Å²) in [7, 11) is -1.49. The Balaban J connectivity index is 2.81. The van der Waals surface area contributed by atoms with Crippen LogP contribution in [-0.4, -0.2) is 19.3 Å². The maximum atomic E-state index is 11.3. The first kappa shape index (κ1) is 14.0. The third-order valence-electron chi connectivity index (χ3n) is 2.56. The summed E-state index contributed by atoms with van der Waals surface area (Å²) >= 11 is 3.35. The molecule has 2 aromatic rings. The highest BCUT2D eigenvalue weighted by Crippen LogP contribution is 2.25. The van der Waals surface area contributed by atoms with E-state index < -0.39 is 8.07 Å². The zero-order valence-electron chi connectivity index (χ0n) is 11.1. The Kier molecular flexibility index (Phi) is 3.88. The number of hydrogen-bond acceptors (Lipinski definition) is 2. The molecule has 0 saturated heterocycles. The topological polar surface area (TPSA) is 30.0 Å². The normalized spacial score (nSPS) is 10.9. The Morgan fingerprint density at radius 3 is 2.58 bits per heavy atom. The van der Waals surface area contributed by atoms with E-state index in [1.807, 2.05) is 24.3 Å². The van der Waals surface area contributed by atoms with Crippen LogP contribution in [0.2, 0.25) is 19.6 Å². The standard InChI is InChI=1S/C15H14BrNOSi/c1-19(2,3)9-8-11-12-6-4-5-7-14(12)17-15(16)13(11)10-18/h4-7,10H,1-3H3. The molecule has 1 heterocycles. The van der Waals surface area contributed by atoms with E-state index in [-0.39, 0.29) is 0 Å². The molecule has 0 fully saturated rings. The zero-order chi connectivity index (χ0) is 14.0. The van der Waals surface area contributed by atoms with E-state index in [1.54, 1.807) is 0 Å². The molecule has 0 aliphatic heterocycles. The van der Waals surface area contributed by atoms with Crippen LogP contribution in [0, 0.1) is 11.5 Å². The summed E-state index contributed by atoms with van der Waals surface area (Å²) in [6.45, 7) is 6.54. The van der Waals surface area contributed by atoms with Crippen molar-refractivity contribution >= 4 is 41.2 Å². The largest absolute Gasteiger partial charge is 0.298 e. The predicted octanol–water partition coefficient (Wildman–Crippen LogP) is 4.04. The minimum atomic E-state index is -1.49. The second-order valence-electron chi connectivity index (χ2n) is 5.33. The Morgan fingerprint density at radius 1 is 1.26 bits per heavy atom. The van der Waals surface area contributed by atoms with Crippen LogP contribution in [-0.2, 0) is 0 Å². The van der Waals surface area contributed by atoms with Gasteiger partial charge in [0.2, 0.25) is 0 Å². The molecule has 1 aromatic heterocycles. The Hall–Kier alpha value is -1.44. The number of fused-ring (bicyclic) bond motifs is 1. The van der Waals surface area contributed by atoms with Gasteiger partial charge in [-0.2, -0.15) is 0 Å². The third kappa shape index (κ3) is 3.12. The highest BCUT2D eigenvalue weighted by molar-refractivity contribution is 9.10. The third-order valence-corrected chi connectivity index (χ3v) is 4.04. The van der Waals surface area contributed by atoms with E-state index >= 15 is 0 Å². The first-order valence-electron chi connectivity index (χ1n) is 5.99. The number of hydrogen-bond donors (Lipinski definition) is 0. The zero-order valence-corrected chi connectivity index (χ0v) is 13.7. The van der Waals surface area contributed by atoms with Crippen LogP contribution < -0.4 is 0 Å². The Labute approximate surface area is 122 Å². The number of para-hydroxylation sites is 1. The van der Waals surface area contributed by atoms with E-state index in [1.165, 1.54) is 0 Å². The number of benzene rings is 1. The predicted molar refractivity (Wildman–Crippen MR) is 85.1 cm³/mol. The lowest BCUT2D eigenvalue weighted by molar-refractivity contribution is 0.112. The second-order valence-corrected chi connectivity index (χ2v) is 10.8. The van der Waals surface area contributed by atoms with Gasteiger partial charge in [0.25, 0.3) is 0 Å². The van der Waals surface area contributed by atoms with Crippen LogP contribution >= 0.6 is 15.9 Å². The molecule has 2 rings (SSSR count). The van der Waals surface area contributed by atoms with Crippen LogP contribution in [0.25, 0.3) is 10.9 Å². The van der Waals surface area contributed by atoms with E-state index in [0.29, 0.717) is 10.2 Å². The van der Waals surface area contributed by atoms with Gasteiger partial charge in [-0.25, -0.2) is 4.98 Å². The number of nitrogens with zero attached hydrogens (tertiary/aromatic N) is 1. The van der Waals surface area contributed by atoms with Gasteiger partial charge >= 0.3 is 0 Å². The minimum Gasteiger partial charge on any atom is -0.298 e. The molecule has 0 saturated carbocycles. The van der Waals surface area contributed by atoms with Crippen molar-refractivity contribution in [3.05, 3.63) is 40.0 Å². The van der Waals surface area contributed by atoms with Crippen molar-refractivity contribution in [1.82, 2.24) is 4.98 Å². The molecule has 0 radical (unpaired) electrons. The maximum Gasteiger partial charge on any atom is 0.154 e. The molecule has 0 N–H and O–H groups in total. The summed E-state index contributed by atoms with van der Waals surface area (Å²) in [6.07, 6.45) is 0.817. The molecule has 0 aliphatic rings. The molecule has 96 valence electrons. The molecule has 2 nitrogen and oxygen atoms in total. The molecule has 1 aromatic carbocycles. The van der Waals surface area contributed by atoms with E-state index in [9.17, 15) is 4.79 Å². The first-order chi connectivity index (χ1) is 8.92. The van der Waals surface area contributed by atoms with Gasteiger partial charge in [-0.1, -0.05) is 43.8 Å². The van der Waals surface area contributed by atoms with Gasteiger partial charge in [0.1, 0.15) is 12.7 Å². The molecule has 0 spiro atoms. The number of aromatic nitrogens is 1. The highest BCUT2D eigenvalue weighted by Gasteiger charge is 2.13. The molecule has 0 atom stereocenters. The lowest BCUT2D eigenvalue weighted by atomic mass is 10.1. The average Bonchev–Trinajstić information content (AvgIpc) is 2.34. The van der Waals surface area contributed by atoms with Gasteiger partial charge in [-0.05, 0) is 22.0 Å². The molecular formula is C15H14BrNOSi. The van der Waals surface area contributed by atoms with E-state index in [4.69, 9.17) is 0 Å². The van der Waals surface area contributed by atoms with Crippen molar-refractivity contribution in [3.8, 4) is 11.5 Å². The van der Waals surface area contributed by atoms with E-state index in [2.05, 4.69) is 52.0 Å². The fourth-order valence-corrected chi connectivity index (χ4v) is 2.67. The van der Waals surface area contributed by atoms with E-state index in [0.717, 1.165) is 22.8 Å². The van der Waals surface area contributed by atoms with Gasteiger partial charge in [-0.15, -0.1) is 5.54 Å². The summed E-state index contributed by atoms with van der Waals surface area (Å²) < 4.78 is 0.557. The number of carbonyl (C=O) groups excluding carboxylic acids is 1. The fourth-order valence-electron chi connectivity index (χ4n) is 1.69. The average molecular weight is 332 g/mol. The highest BCUT2D eigenvalue weighted by atomic mass is 79.9. The molecule has 0 unspecified atom stereocenters. The number of aldehydes is 1. The lowest BCUT2D eigenvalue weighted by Crippen LogP contribution is -2.16. The van der Waals surface area contributed by atoms with Gasteiger partial charge in [-0.3, -0.25) is 4.79 Å². The van der Waals surface area contributed by atoms with Crippen LogP contribution in [0.1, 0.15) is 15.9 Å².